The highest BCUT2D eigenvalue weighted by Gasteiger charge is 2.28. The minimum absolute atomic E-state index is 0.135. The van der Waals surface area contributed by atoms with Crippen LogP contribution < -0.4 is 10.1 Å². The van der Waals surface area contributed by atoms with Crippen LogP contribution in [0.1, 0.15) is 31.7 Å². The number of hydrogen-bond acceptors (Lipinski definition) is 4. The van der Waals surface area contributed by atoms with Gasteiger partial charge >= 0.3 is 0 Å². The summed E-state index contributed by atoms with van der Waals surface area (Å²) in [6.07, 6.45) is 4.38. The van der Waals surface area contributed by atoms with Crippen molar-refractivity contribution in [2.75, 3.05) is 14.2 Å². The van der Waals surface area contributed by atoms with E-state index in [2.05, 4.69) is 12.2 Å². The summed E-state index contributed by atoms with van der Waals surface area (Å²) in [7, 11) is 3.61. The Morgan fingerprint density at radius 2 is 2.19 bits per heavy atom. The van der Waals surface area contributed by atoms with Gasteiger partial charge in [0.05, 0.1) is 12.0 Å². The molecule has 0 radical (unpaired) electrons. The fourth-order valence-corrected chi connectivity index (χ4v) is 3.42. The van der Waals surface area contributed by atoms with Gasteiger partial charge in [0.2, 0.25) is 0 Å². The summed E-state index contributed by atoms with van der Waals surface area (Å²) >= 11 is 0. The summed E-state index contributed by atoms with van der Waals surface area (Å²) in [5.41, 5.74) is 1.07. The molecule has 0 bridgehead atoms. The summed E-state index contributed by atoms with van der Waals surface area (Å²) in [6.45, 7) is 2.28. The van der Waals surface area contributed by atoms with E-state index in [1.54, 1.807) is 19.2 Å². The molecule has 1 fully saturated rings. The molecule has 3 unspecified atom stereocenters. The molecule has 3 atom stereocenters. The maximum atomic E-state index is 11.0. The quantitative estimate of drug-likeness (QED) is 0.668. The maximum absolute atomic E-state index is 11.0. The molecule has 0 aromatic heterocycles. The Bertz CT molecular complexity index is 504. The molecule has 0 saturated heterocycles. The normalized spacial score (nSPS) is 25.6. The van der Waals surface area contributed by atoms with Crippen molar-refractivity contribution in [2.45, 2.75) is 38.6 Å². The largest absolute Gasteiger partial charge is 0.496 e. The van der Waals surface area contributed by atoms with Gasteiger partial charge in [0, 0.05) is 23.7 Å². The van der Waals surface area contributed by atoms with Gasteiger partial charge in [-0.1, -0.05) is 6.92 Å². The molecule has 5 nitrogen and oxygen atoms in total. The number of ether oxygens (including phenoxy) is 1. The third-order valence-corrected chi connectivity index (χ3v) is 4.57. The van der Waals surface area contributed by atoms with E-state index in [1.807, 2.05) is 7.05 Å². The minimum Gasteiger partial charge on any atom is -0.496 e. The first-order valence-electron chi connectivity index (χ1n) is 7.53. The predicted molar refractivity (Wildman–Crippen MR) is 82.7 cm³/mol. The number of hydrogen-bond donors (Lipinski definition) is 1. The number of methoxy groups -OCH3 is 1. The van der Waals surface area contributed by atoms with E-state index in [4.69, 9.17) is 4.74 Å². The summed E-state index contributed by atoms with van der Waals surface area (Å²) in [6, 6.07) is 5.34. The fraction of sp³-hybridized carbons (Fsp3) is 0.625. The summed E-state index contributed by atoms with van der Waals surface area (Å²) < 4.78 is 5.37. The highest BCUT2D eigenvalue weighted by Crippen LogP contribution is 2.34. The lowest BCUT2D eigenvalue weighted by Crippen LogP contribution is -2.39. The second-order valence-electron chi connectivity index (χ2n) is 6.03. The average Bonchev–Trinajstić information content (AvgIpc) is 2.47. The molecule has 1 aliphatic rings. The van der Waals surface area contributed by atoms with Crippen molar-refractivity contribution in [2.24, 2.45) is 11.8 Å². The van der Waals surface area contributed by atoms with E-state index in [0.717, 1.165) is 24.2 Å². The molecule has 1 N–H and O–H groups in total. The van der Waals surface area contributed by atoms with Gasteiger partial charge in [-0.25, -0.2) is 0 Å². The van der Waals surface area contributed by atoms with Crippen LogP contribution in [0.3, 0.4) is 0 Å². The third kappa shape index (κ3) is 3.73. The number of nitro benzene ring substituents is 1. The molecule has 21 heavy (non-hydrogen) atoms. The number of rotatable bonds is 5. The number of benzene rings is 1. The second-order valence-corrected chi connectivity index (χ2v) is 6.03. The molecule has 116 valence electrons. The predicted octanol–water partition coefficient (Wildman–Crippen LogP) is 3.17. The fourth-order valence-electron chi connectivity index (χ4n) is 3.42. The molecule has 1 saturated carbocycles. The van der Waals surface area contributed by atoms with E-state index < -0.39 is 0 Å². The zero-order valence-electron chi connectivity index (χ0n) is 13.0. The highest BCUT2D eigenvalue weighted by molar-refractivity contribution is 5.44. The van der Waals surface area contributed by atoms with Gasteiger partial charge in [-0.2, -0.15) is 0 Å². The lowest BCUT2D eigenvalue weighted by molar-refractivity contribution is -0.384. The average molecular weight is 292 g/mol. The molecule has 1 aromatic carbocycles. The van der Waals surface area contributed by atoms with Crippen LogP contribution in [0.15, 0.2) is 18.2 Å². The van der Waals surface area contributed by atoms with E-state index in [9.17, 15) is 10.1 Å². The number of nitrogens with one attached hydrogen (secondary N) is 1. The zero-order valence-corrected chi connectivity index (χ0v) is 13.0. The van der Waals surface area contributed by atoms with Crippen molar-refractivity contribution in [1.82, 2.24) is 5.32 Å². The van der Waals surface area contributed by atoms with Gasteiger partial charge in [0.1, 0.15) is 5.75 Å². The SMILES string of the molecule is CNC1CCC(C)CC1Cc1cc([N+](=O)[O-])ccc1OC. The van der Waals surface area contributed by atoms with Crippen LogP contribution in [0.5, 0.6) is 5.75 Å². The molecule has 0 heterocycles. The van der Waals surface area contributed by atoms with Gasteiger partial charge in [-0.3, -0.25) is 10.1 Å². The number of nitrogens with zero attached hydrogens (tertiary/aromatic N) is 1. The van der Waals surface area contributed by atoms with Crippen LogP contribution in [-0.4, -0.2) is 25.1 Å². The Hall–Kier alpha value is -1.62. The Labute approximate surface area is 125 Å². The lowest BCUT2D eigenvalue weighted by atomic mass is 9.76. The molecule has 1 aromatic rings. The standard InChI is InChI=1S/C16H24N2O3/c1-11-4-6-15(17-2)12(8-11)9-13-10-14(18(19)20)5-7-16(13)21-3/h5,7,10-12,15,17H,4,6,8-9H2,1-3H3. The monoisotopic (exact) mass is 292 g/mol. The first-order chi connectivity index (χ1) is 10.0. The summed E-state index contributed by atoms with van der Waals surface area (Å²) in [5, 5.41) is 14.4. The van der Waals surface area contributed by atoms with Crippen LogP contribution in [0.25, 0.3) is 0 Å². The molecule has 2 rings (SSSR count). The Morgan fingerprint density at radius 3 is 2.81 bits per heavy atom. The van der Waals surface area contributed by atoms with Gasteiger partial charge < -0.3 is 10.1 Å². The number of nitro groups is 1. The minimum atomic E-state index is -0.345. The van der Waals surface area contributed by atoms with Crippen molar-refractivity contribution in [3.05, 3.63) is 33.9 Å². The van der Waals surface area contributed by atoms with Crippen LogP contribution in [0, 0.1) is 22.0 Å². The topological polar surface area (TPSA) is 64.4 Å². The van der Waals surface area contributed by atoms with Gasteiger partial charge in [-0.15, -0.1) is 0 Å². The lowest BCUT2D eigenvalue weighted by Gasteiger charge is -2.35. The molecule has 1 aliphatic carbocycles. The Kier molecular flexibility index (Phi) is 5.17. The third-order valence-electron chi connectivity index (χ3n) is 4.57. The second kappa shape index (κ2) is 6.89. The maximum Gasteiger partial charge on any atom is 0.269 e. The molecule has 0 spiro atoms. The number of non-ortho nitro benzene ring substituents is 1. The Morgan fingerprint density at radius 1 is 1.43 bits per heavy atom. The van der Waals surface area contributed by atoms with E-state index in [0.29, 0.717) is 17.9 Å². The molecular formula is C16H24N2O3. The van der Waals surface area contributed by atoms with Crippen molar-refractivity contribution >= 4 is 5.69 Å². The van der Waals surface area contributed by atoms with Crippen LogP contribution in [-0.2, 0) is 6.42 Å². The van der Waals surface area contributed by atoms with Crippen molar-refractivity contribution < 1.29 is 9.66 Å². The van der Waals surface area contributed by atoms with Gasteiger partial charge in [-0.05, 0) is 50.6 Å². The van der Waals surface area contributed by atoms with Crippen LogP contribution in [0.4, 0.5) is 5.69 Å². The highest BCUT2D eigenvalue weighted by atomic mass is 16.6. The summed E-state index contributed by atoms with van der Waals surface area (Å²) in [5.74, 6) is 1.95. The van der Waals surface area contributed by atoms with Crippen molar-refractivity contribution in [3.63, 3.8) is 0 Å². The van der Waals surface area contributed by atoms with E-state index >= 15 is 0 Å². The smallest absolute Gasteiger partial charge is 0.269 e. The molecular weight excluding hydrogens is 268 g/mol. The summed E-state index contributed by atoms with van der Waals surface area (Å²) in [4.78, 5) is 10.6. The first kappa shape index (κ1) is 15.8. The molecule has 0 amide bonds. The Balaban J connectivity index is 2.23. The molecule has 0 aliphatic heterocycles. The van der Waals surface area contributed by atoms with Gasteiger partial charge in [0.25, 0.3) is 5.69 Å². The van der Waals surface area contributed by atoms with Crippen molar-refractivity contribution in [3.8, 4) is 5.75 Å². The molecule has 5 heteroatoms. The van der Waals surface area contributed by atoms with Gasteiger partial charge in [0.15, 0.2) is 0 Å². The van der Waals surface area contributed by atoms with Crippen molar-refractivity contribution in [1.29, 1.82) is 0 Å². The van der Waals surface area contributed by atoms with E-state index in [-0.39, 0.29) is 10.6 Å². The zero-order chi connectivity index (χ0) is 15.4. The van der Waals surface area contributed by atoms with Crippen LogP contribution in [0.2, 0.25) is 0 Å². The van der Waals surface area contributed by atoms with E-state index in [1.165, 1.54) is 18.9 Å². The van der Waals surface area contributed by atoms with Crippen LogP contribution >= 0.6 is 0 Å². The first-order valence-corrected chi connectivity index (χ1v) is 7.53.